The Kier molecular flexibility index (Phi) is 5.35. The quantitative estimate of drug-likeness (QED) is 0.832. The maximum atomic E-state index is 12.0. The Balaban J connectivity index is 2.64. The van der Waals surface area contributed by atoms with Gasteiger partial charge in [0.1, 0.15) is 0 Å². The van der Waals surface area contributed by atoms with E-state index in [0.29, 0.717) is 5.92 Å². The first-order valence-corrected chi connectivity index (χ1v) is 6.96. The number of hydrogen-bond donors (Lipinski definition) is 1. The smallest absolute Gasteiger partial charge is 0.315 e. The first kappa shape index (κ1) is 13.9. The van der Waals surface area contributed by atoms with E-state index in [9.17, 15) is 4.79 Å². The molecule has 1 aromatic rings. The summed E-state index contributed by atoms with van der Waals surface area (Å²) >= 11 is 1.69. The monoisotopic (exact) mass is 252 g/mol. The average Bonchev–Trinajstić information content (AvgIpc) is 2.30. The van der Waals surface area contributed by atoms with Crippen LogP contribution in [0.2, 0.25) is 0 Å². The van der Waals surface area contributed by atoms with Gasteiger partial charge in [-0.2, -0.15) is 0 Å². The van der Waals surface area contributed by atoms with Crippen molar-refractivity contribution in [1.82, 2.24) is 4.90 Å². The molecular weight excluding hydrogens is 232 g/mol. The number of nitrogens with one attached hydrogen (secondary N) is 1. The van der Waals surface area contributed by atoms with Gasteiger partial charge < -0.3 is 10.2 Å². The highest BCUT2D eigenvalue weighted by atomic mass is 32.2. The molecule has 0 aliphatic heterocycles. The predicted molar refractivity (Wildman–Crippen MR) is 75.4 cm³/mol. The molecule has 0 aliphatic rings. The summed E-state index contributed by atoms with van der Waals surface area (Å²) in [6.07, 6.45) is 2.02. The molecule has 0 fully saturated rings. The van der Waals surface area contributed by atoms with Crippen molar-refractivity contribution in [2.45, 2.75) is 19.2 Å². The van der Waals surface area contributed by atoms with Crippen molar-refractivity contribution >= 4 is 23.5 Å². The van der Waals surface area contributed by atoms with Crippen LogP contribution in [0.5, 0.6) is 0 Å². The summed E-state index contributed by atoms with van der Waals surface area (Å²) in [5.41, 5.74) is 0.827. The highest BCUT2D eigenvalue weighted by Gasteiger charge is 2.21. The Morgan fingerprint density at radius 2 is 1.88 bits per heavy atom. The van der Waals surface area contributed by atoms with Gasteiger partial charge in [-0.1, -0.05) is 32.0 Å². The lowest BCUT2D eigenvalue weighted by atomic mass is 10.2. The van der Waals surface area contributed by atoms with Gasteiger partial charge in [-0.3, -0.25) is 0 Å². The van der Waals surface area contributed by atoms with Crippen molar-refractivity contribution in [3.8, 4) is 0 Å². The van der Waals surface area contributed by atoms with Gasteiger partial charge in [0.2, 0.25) is 0 Å². The zero-order valence-electron chi connectivity index (χ0n) is 10.8. The van der Waals surface area contributed by atoms with Crippen molar-refractivity contribution in [1.29, 1.82) is 0 Å². The Bertz CT molecular complexity index is 354. The lowest BCUT2D eigenvalue weighted by Crippen LogP contribution is -2.40. The average molecular weight is 252 g/mol. The van der Waals surface area contributed by atoms with E-state index >= 15 is 0 Å². The number of benzene rings is 1. The van der Waals surface area contributed by atoms with Crippen LogP contribution in [0.3, 0.4) is 0 Å². The minimum absolute atomic E-state index is 0.0655. The second-order valence-corrected chi connectivity index (χ2v) is 5.23. The fraction of sp³-hybridized carbons (Fsp3) is 0.462. The lowest BCUT2D eigenvalue weighted by Gasteiger charge is -2.29. The van der Waals surface area contributed by atoms with Gasteiger partial charge >= 0.3 is 6.03 Å². The summed E-state index contributed by atoms with van der Waals surface area (Å²) in [6, 6.07) is 9.45. The Hall–Kier alpha value is -1.16. The topological polar surface area (TPSA) is 32.3 Å². The van der Waals surface area contributed by atoms with Crippen LogP contribution in [-0.4, -0.2) is 29.6 Å². The maximum absolute atomic E-state index is 12.0. The van der Waals surface area contributed by atoms with Gasteiger partial charge in [0.15, 0.2) is 0 Å². The number of para-hydroxylation sites is 1. The van der Waals surface area contributed by atoms with Crippen molar-refractivity contribution in [2.75, 3.05) is 18.6 Å². The molecule has 17 heavy (non-hydrogen) atoms. The van der Waals surface area contributed by atoms with E-state index in [4.69, 9.17) is 0 Å². The van der Waals surface area contributed by atoms with Gasteiger partial charge in [0.25, 0.3) is 0 Å². The van der Waals surface area contributed by atoms with E-state index in [1.165, 1.54) is 0 Å². The van der Waals surface area contributed by atoms with Crippen LogP contribution < -0.4 is 5.32 Å². The number of carbonyl (C=O) groups is 1. The third kappa shape index (κ3) is 3.97. The van der Waals surface area contributed by atoms with E-state index in [0.717, 1.165) is 5.69 Å². The number of nitrogens with zero attached hydrogens (tertiary/aromatic N) is 1. The number of carbonyl (C=O) groups excluding carboxylic acids is 1. The largest absolute Gasteiger partial charge is 0.322 e. The van der Waals surface area contributed by atoms with E-state index < -0.39 is 0 Å². The number of thioether (sulfide) groups is 1. The molecule has 3 nitrogen and oxygen atoms in total. The number of hydrogen-bond acceptors (Lipinski definition) is 2. The summed E-state index contributed by atoms with van der Waals surface area (Å²) in [4.78, 5) is 13.8. The Morgan fingerprint density at radius 1 is 1.29 bits per heavy atom. The fourth-order valence-electron chi connectivity index (χ4n) is 1.73. The van der Waals surface area contributed by atoms with Crippen LogP contribution in [0.25, 0.3) is 0 Å². The van der Waals surface area contributed by atoms with Gasteiger partial charge in [-0.15, -0.1) is 11.8 Å². The van der Waals surface area contributed by atoms with Crippen molar-refractivity contribution in [3.63, 3.8) is 0 Å². The first-order valence-electron chi connectivity index (χ1n) is 5.68. The molecule has 0 saturated carbocycles. The van der Waals surface area contributed by atoms with Crippen LogP contribution in [0.15, 0.2) is 30.3 Å². The molecular formula is C13H20N2OS. The van der Waals surface area contributed by atoms with Gasteiger partial charge in [0, 0.05) is 12.7 Å². The van der Waals surface area contributed by atoms with Crippen molar-refractivity contribution < 1.29 is 4.79 Å². The van der Waals surface area contributed by atoms with Gasteiger partial charge in [0.05, 0.1) is 5.37 Å². The van der Waals surface area contributed by atoms with Gasteiger partial charge in [-0.05, 0) is 24.3 Å². The second-order valence-electron chi connectivity index (χ2n) is 4.28. The number of amides is 2. The minimum Gasteiger partial charge on any atom is -0.315 e. The molecule has 0 spiro atoms. The molecule has 1 atom stereocenters. The molecule has 0 saturated heterocycles. The normalized spacial score (nSPS) is 12.3. The fourth-order valence-corrected chi connectivity index (χ4v) is 2.68. The van der Waals surface area contributed by atoms with E-state index in [2.05, 4.69) is 19.2 Å². The number of rotatable bonds is 4. The van der Waals surface area contributed by atoms with Crippen LogP contribution in [-0.2, 0) is 0 Å². The predicted octanol–water partition coefficient (Wildman–Crippen LogP) is 3.50. The molecule has 1 N–H and O–H groups in total. The van der Waals surface area contributed by atoms with Crippen LogP contribution in [0, 0.1) is 5.92 Å². The molecule has 94 valence electrons. The Labute approximate surface area is 108 Å². The highest BCUT2D eigenvalue weighted by molar-refractivity contribution is 7.99. The molecule has 0 heterocycles. The standard InChI is InChI=1S/C13H20N2OS/c1-10(2)12(17-4)15(3)13(16)14-11-8-6-5-7-9-11/h5-10,12H,1-4H3,(H,14,16). The minimum atomic E-state index is -0.0655. The maximum Gasteiger partial charge on any atom is 0.322 e. The van der Waals surface area contributed by atoms with Crippen molar-refractivity contribution in [2.24, 2.45) is 5.92 Å². The zero-order chi connectivity index (χ0) is 12.8. The van der Waals surface area contributed by atoms with Crippen LogP contribution in [0.1, 0.15) is 13.8 Å². The zero-order valence-corrected chi connectivity index (χ0v) is 11.6. The lowest BCUT2D eigenvalue weighted by molar-refractivity contribution is 0.211. The van der Waals surface area contributed by atoms with Crippen LogP contribution in [0.4, 0.5) is 10.5 Å². The second kappa shape index (κ2) is 6.55. The van der Waals surface area contributed by atoms with E-state index in [-0.39, 0.29) is 11.4 Å². The van der Waals surface area contributed by atoms with E-state index in [1.807, 2.05) is 43.6 Å². The van der Waals surface area contributed by atoms with E-state index in [1.54, 1.807) is 16.7 Å². The molecule has 4 heteroatoms. The number of anilines is 1. The summed E-state index contributed by atoms with van der Waals surface area (Å²) in [6.45, 7) is 4.24. The summed E-state index contributed by atoms with van der Waals surface area (Å²) < 4.78 is 0. The van der Waals surface area contributed by atoms with Crippen molar-refractivity contribution in [3.05, 3.63) is 30.3 Å². The molecule has 0 aliphatic carbocycles. The third-order valence-electron chi connectivity index (χ3n) is 2.54. The SMILES string of the molecule is CSC(C(C)C)N(C)C(=O)Nc1ccccc1. The summed E-state index contributed by atoms with van der Waals surface area (Å²) in [5.74, 6) is 0.427. The third-order valence-corrected chi connectivity index (χ3v) is 3.88. The molecule has 0 radical (unpaired) electrons. The molecule has 1 unspecified atom stereocenters. The molecule has 2 amide bonds. The molecule has 1 rings (SSSR count). The first-order chi connectivity index (χ1) is 8.06. The Morgan fingerprint density at radius 3 is 2.35 bits per heavy atom. The molecule has 0 aromatic heterocycles. The molecule has 1 aromatic carbocycles. The van der Waals surface area contributed by atoms with Crippen LogP contribution >= 0.6 is 11.8 Å². The molecule has 0 bridgehead atoms. The summed E-state index contributed by atoms with van der Waals surface area (Å²) in [5, 5.41) is 3.08. The highest BCUT2D eigenvalue weighted by Crippen LogP contribution is 2.20. The number of urea groups is 1. The summed E-state index contributed by atoms with van der Waals surface area (Å²) in [7, 11) is 1.83. The van der Waals surface area contributed by atoms with Gasteiger partial charge in [-0.25, -0.2) is 4.79 Å².